The van der Waals surface area contributed by atoms with Crippen LogP contribution < -0.4 is 5.32 Å². The van der Waals surface area contributed by atoms with Gasteiger partial charge in [0, 0.05) is 20.1 Å². The second-order valence-electron chi connectivity index (χ2n) is 5.27. The van der Waals surface area contributed by atoms with E-state index in [0.717, 1.165) is 12.8 Å². The van der Waals surface area contributed by atoms with Gasteiger partial charge in [-0.2, -0.15) is 0 Å². The number of amides is 2. The number of hydrogen-bond acceptors (Lipinski definition) is 4. The van der Waals surface area contributed by atoms with Gasteiger partial charge in [0.25, 0.3) is 5.91 Å². The first-order chi connectivity index (χ1) is 9.52. The van der Waals surface area contributed by atoms with Crippen LogP contribution in [0.15, 0.2) is 0 Å². The van der Waals surface area contributed by atoms with Gasteiger partial charge in [0.2, 0.25) is 5.91 Å². The SMILES string of the molecule is CNC(=O)C1CCCN(C(=O)C2CCC(C(=O)O)O2)C1. The Bertz CT molecular complexity index is 412. The summed E-state index contributed by atoms with van der Waals surface area (Å²) in [6.07, 6.45) is 0.768. The number of carbonyl (C=O) groups excluding carboxylic acids is 2. The van der Waals surface area contributed by atoms with Crippen molar-refractivity contribution in [2.45, 2.75) is 37.9 Å². The molecule has 2 aliphatic rings. The minimum Gasteiger partial charge on any atom is -0.479 e. The number of rotatable bonds is 3. The highest BCUT2D eigenvalue weighted by atomic mass is 16.5. The highest BCUT2D eigenvalue weighted by Crippen LogP contribution is 2.24. The molecule has 2 saturated heterocycles. The van der Waals surface area contributed by atoms with Crippen molar-refractivity contribution in [1.82, 2.24) is 10.2 Å². The summed E-state index contributed by atoms with van der Waals surface area (Å²) in [6.45, 7) is 0.986. The Labute approximate surface area is 117 Å². The Hall–Kier alpha value is -1.63. The number of carbonyl (C=O) groups is 3. The fraction of sp³-hybridized carbons (Fsp3) is 0.769. The minimum absolute atomic E-state index is 0.0572. The third kappa shape index (κ3) is 3.09. The summed E-state index contributed by atoms with van der Waals surface area (Å²) < 4.78 is 5.27. The van der Waals surface area contributed by atoms with Gasteiger partial charge in [0.05, 0.1) is 5.92 Å². The van der Waals surface area contributed by atoms with Gasteiger partial charge in [-0.25, -0.2) is 4.79 Å². The van der Waals surface area contributed by atoms with Gasteiger partial charge in [0.1, 0.15) is 6.10 Å². The first kappa shape index (κ1) is 14.8. The van der Waals surface area contributed by atoms with Crippen molar-refractivity contribution in [3.8, 4) is 0 Å². The van der Waals surface area contributed by atoms with Crippen LogP contribution in [0.5, 0.6) is 0 Å². The van der Waals surface area contributed by atoms with E-state index >= 15 is 0 Å². The molecule has 0 aromatic heterocycles. The van der Waals surface area contributed by atoms with Crippen molar-refractivity contribution in [3.05, 3.63) is 0 Å². The van der Waals surface area contributed by atoms with Crippen molar-refractivity contribution in [3.63, 3.8) is 0 Å². The molecule has 0 spiro atoms. The highest BCUT2D eigenvalue weighted by Gasteiger charge is 2.38. The van der Waals surface area contributed by atoms with Gasteiger partial charge < -0.3 is 20.1 Å². The largest absolute Gasteiger partial charge is 0.479 e. The van der Waals surface area contributed by atoms with Gasteiger partial charge in [-0.1, -0.05) is 0 Å². The molecule has 0 radical (unpaired) electrons. The van der Waals surface area contributed by atoms with E-state index in [1.54, 1.807) is 11.9 Å². The first-order valence-electron chi connectivity index (χ1n) is 6.91. The Morgan fingerprint density at radius 3 is 2.50 bits per heavy atom. The zero-order valence-electron chi connectivity index (χ0n) is 11.5. The van der Waals surface area contributed by atoms with E-state index in [4.69, 9.17) is 9.84 Å². The first-order valence-corrected chi connectivity index (χ1v) is 6.91. The van der Waals surface area contributed by atoms with E-state index < -0.39 is 18.2 Å². The molecule has 2 heterocycles. The molecular formula is C13H20N2O5. The minimum atomic E-state index is -1.03. The van der Waals surface area contributed by atoms with Crippen LogP contribution >= 0.6 is 0 Å². The van der Waals surface area contributed by atoms with Gasteiger partial charge in [-0.05, 0) is 25.7 Å². The molecule has 0 bridgehead atoms. The second kappa shape index (κ2) is 6.21. The van der Waals surface area contributed by atoms with Crippen molar-refractivity contribution in [1.29, 1.82) is 0 Å². The molecule has 3 atom stereocenters. The summed E-state index contributed by atoms with van der Waals surface area (Å²) in [5.74, 6) is -1.46. The maximum atomic E-state index is 12.3. The van der Waals surface area contributed by atoms with E-state index in [1.165, 1.54) is 0 Å². The molecular weight excluding hydrogens is 264 g/mol. The van der Waals surface area contributed by atoms with Crippen molar-refractivity contribution in [2.24, 2.45) is 5.92 Å². The van der Waals surface area contributed by atoms with E-state index in [-0.39, 0.29) is 17.7 Å². The third-order valence-corrected chi connectivity index (χ3v) is 3.92. The van der Waals surface area contributed by atoms with Crippen LogP contribution in [0.25, 0.3) is 0 Å². The van der Waals surface area contributed by atoms with Crippen molar-refractivity contribution >= 4 is 17.8 Å². The fourth-order valence-corrected chi connectivity index (χ4v) is 2.80. The Morgan fingerprint density at radius 2 is 1.90 bits per heavy atom. The second-order valence-corrected chi connectivity index (χ2v) is 5.27. The predicted octanol–water partition coefficient (Wildman–Crippen LogP) is -0.397. The lowest BCUT2D eigenvalue weighted by Gasteiger charge is -2.33. The Kier molecular flexibility index (Phi) is 4.59. The topological polar surface area (TPSA) is 95.9 Å². The zero-order chi connectivity index (χ0) is 14.7. The van der Waals surface area contributed by atoms with Crippen LogP contribution in [0.1, 0.15) is 25.7 Å². The molecule has 112 valence electrons. The molecule has 7 nitrogen and oxygen atoms in total. The van der Waals surface area contributed by atoms with Gasteiger partial charge in [0.15, 0.2) is 6.10 Å². The maximum absolute atomic E-state index is 12.3. The van der Waals surface area contributed by atoms with Gasteiger partial charge >= 0.3 is 5.97 Å². The average molecular weight is 284 g/mol. The van der Waals surface area contributed by atoms with Crippen LogP contribution in [0.3, 0.4) is 0 Å². The van der Waals surface area contributed by atoms with Crippen LogP contribution in [0.2, 0.25) is 0 Å². The van der Waals surface area contributed by atoms with Gasteiger partial charge in [-0.15, -0.1) is 0 Å². The molecule has 2 rings (SSSR count). The lowest BCUT2D eigenvalue weighted by molar-refractivity contribution is -0.155. The number of nitrogens with zero attached hydrogens (tertiary/aromatic N) is 1. The van der Waals surface area contributed by atoms with Crippen LogP contribution in [0, 0.1) is 5.92 Å². The summed E-state index contributed by atoms with van der Waals surface area (Å²) in [7, 11) is 1.58. The molecule has 20 heavy (non-hydrogen) atoms. The molecule has 7 heteroatoms. The van der Waals surface area contributed by atoms with E-state index in [2.05, 4.69) is 5.32 Å². The quantitative estimate of drug-likeness (QED) is 0.735. The van der Waals surface area contributed by atoms with Crippen LogP contribution in [0.4, 0.5) is 0 Å². The zero-order valence-corrected chi connectivity index (χ0v) is 11.5. The normalized spacial score (nSPS) is 30.1. The number of aliphatic carboxylic acids is 1. The summed E-state index contributed by atoms with van der Waals surface area (Å²) in [5.41, 5.74) is 0. The molecule has 3 unspecified atom stereocenters. The molecule has 2 N–H and O–H groups in total. The summed E-state index contributed by atoms with van der Waals surface area (Å²) in [4.78, 5) is 36.4. The number of carboxylic acid groups (broad SMARTS) is 1. The number of piperidine rings is 1. The maximum Gasteiger partial charge on any atom is 0.332 e. The summed E-state index contributed by atoms with van der Waals surface area (Å²) in [6, 6.07) is 0. The standard InChI is InChI=1S/C13H20N2O5/c1-14-11(16)8-3-2-6-15(7-8)12(17)9-4-5-10(20-9)13(18)19/h8-10H,2-7H2,1H3,(H,14,16)(H,18,19). The Balaban J connectivity index is 1.92. The smallest absolute Gasteiger partial charge is 0.332 e. The Morgan fingerprint density at radius 1 is 1.20 bits per heavy atom. The van der Waals surface area contributed by atoms with Crippen molar-refractivity contribution in [2.75, 3.05) is 20.1 Å². The van der Waals surface area contributed by atoms with Crippen molar-refractivity contribution < 1.29 is 24.2 Å². The lowest BCUT2D eigenvalue weighted by Crippen LogP contribution is -2.48. The number of nitrogens with one attached hydrogen (secondary N) is 1. The molecule has 2 amide bonds. The third-order valence-electron chi connectivity index (χ3n) is 3.92. The van der Waals surface area contributed by atoms with Crippen LogP contribution in [-0.2, 0) is 19.1 Å². The van der Waals surface area contributed by atoms with E-state index in [0.29, 0.717) is 25.9 Å². The monoisotopic (exact) mass is 284 g/mol. The summed E-state index contributed by atoms with van der Waals surface area (Å²) >= 11 is 0. The van der Waals surface area contributed by atoms with Gasteiger partial charge in [-0.3, -0.25) is 9.59 Å². The lowest BCUT2D eigenvalue weighted by atomic mass is 9.96. The number of carboxylic acids is 1. The number of likely N-dealkylation sites (tertiary alicyclic amines) is 1. The molecule has 0 aromatic carbocycles. The predicted molar refractivity (Wildman–Crippen MR) is 68.9 cm³/mol. The number of ether oxygens (including phenoxy) is 1. The number of hydrogen-bond donors (Lipinski definition) is 2. The molecule has 2 aliphatic heterocycles. The average Bonchev–Trinajstić information content (AvgIpc) is 2.95. The fourth-order valence-electron chi connectivity index (χ4n) is 2.80. The van der Waals surface area contributed by atoms with E-state index in [1.807, 2.05) is 0 Å². The summed E-state index contributed by atoms with van der Waals surface area (Å²) in [5, 5.41) is 11.5. The highest BCUT2D eigenvalue weighted by molar-refractivity contribution is 5.84. The van der Waals surface area contributed by atoms with E-state index in [9.17, 15) is 14.4 Å². The molecule has 0 aromatic rings. The molecule has 2 fully saturated rings. The van der Waals surface area contributed by atoms with Crippen LogP contribution in [-0.4, -0.2) is 60.1 Å². The molecule has 0 saturated carbocycles. The molecule has 0 aliphatic carbocycles.